The minimum atomic E-state index is -11.0. The van der Waals surface area contributed by atoms with E-state index in [0.29, 0.717) is 0 Å². The summed E-state index contributed by atoms with van der Waals surface area (Å²) in [6.07, 6.45) is 0. The first kappa shape index (κ1) is 11.7. The van der Waals surface area contributed by atoms with Crippen molar-refractivity contribution >= 4 is 0 Å². The Hall–Kier alpha value is -0.297. The molecule has 0 spiro atoms. The van der Waals surface area contributed by atoms with E-state index in [1.807, 2.05) is 0 Å². The van der Waals surface area contributed by atoms with Gasteiger partial charge < -0.3 is 0 Å². The second kappa shape index (κ2) is 0.709. The van der Waals surface area contributed by atoms with Crippen LogP contribution >= 0.6 is 0 Å². The Balaban J connectivity index is 7.58. The van der Waals surface area contributed by atoms with E-state index in [-0.39, 0.29) is 0 Å². The van der Waals surface area contributed by atoms with Gasteiger partial charge in [-0.25, -0.2) is 0 Å². The molecule has 0 aliphatic rings. The molecular weight excluding hydrogens is 265 g/mol. The number of hydrogen-bond acceptors (Lipinski definition) is 7. The molecule has 0 atom stereocenters. The Labute approximate surface area is 58.9 Å². The first-order valence-corrected chi connectivity index (χ1v) is 9.57. The molecule has 0 amide bonds. The summed E-state index contributed by atoms with van der Waals surface area (Å²) in [4.78, 5) is 0. The number of rotatable bonds is 2. The van der Waals surface area contributed by atoms with Crippen molar-refractivity contribution in [1.29, 1.82) is 0 Å². The van der Waals surface area contributed by atoms with Crippen LogP contribution in [0.5, 0.6) is 0 Å². The molecule has 12 heteroatoms. The van der Waals surface area contributed by atoms with Gasteiger partial charge in [-0.05, 0) is 0 Å². The van der Waals surface area contributed by atoms with Gasteiger partial charge in [0.2, 0.25) is 0 Å². The van der Waals surface area contributed by atoms with Crippen molar-refractivity contribution in [2.45, 2.75) is 0 Å². The van der Waals surface area contributed by atoms with Gasteiger partial charge in [-0.2, -0.15) is 0 Å². The molecule has 0 aromatic heterocycles. The zero-order valence-corrected chi connectivity index (χ0v) is 7.60. The summed E-state index contributed by atoms with van der Waals surface area (Å²) in [5, 5.41) is 0. The topological polar surface area (TPSA) is 226 Å². The molecule has 0 rings (SSSR count). The molecule has 0 saturated heterocycles. The van der Waals surface area contributed by atoms with Crippen LogP contribution in [0.25, 0.3) is 0 Å². The Kier molecular flexibility index (Phi) is 0.691. The van der Waals surface area contributed by atoms with Gasteiger partial charge in [-0.3, -0.25) is 0 Å². The quantitative estimate of drug-likeness (QED) is 0.210. The zero-order chi connectivity index (χ0) is 10.7. The fourth-order valence-corrected chi connectivity index (χ4v) is 0.116. The normalized spacial score (nSPS) is 31.0. The van der Waals surface area contributed by atoms with Crippen molar-refractivity contribution < 1.29 is 28.5 Å². The molecule has 0 saturated carbocycles. The Morgan fingerprint density at radius 2 is 0.917 bits per heavy atom. The molecule has 0 aromatic carbocycles. The third-order valence-electron chi connectivity index (χ3n) is 0.657. The van der Waals surface area contributed by atoms with Crippen LogP contribution in [-0.4, -0.2) is 0 Å². The second-order valence-electron chi connectivity index (χ2n) is 3.13. The van der Waals surface area contributed by atoms with Crippen LogP contribution in [0.15, 0.2) is 0 Å². The zero-order valence-electron chi connectivity index (χ0n) is 5.86. The average Bonchev–Trinajstić information content (AvgIpc) is 1.64. The van der Waals surface area contributed by atoms with Crippen molar-refractivity contribution in [1.82, 2.24) is 0 Å². The van der Waals surface area contributed by atoms with E-state index in [1.54, 1.807) is 0 Å². The summed E-state index contributed by atoms with van der Waals surface area (Å²) in [5.41, 5.74) is 0. The van der Waals surface area contributed by atoms with E-state index in [1.165, 1.54) is 0 Å². The number of hydrogen-bond donors (Lipinski definition) is 6. The van der Waals surface area contributed by atoms with Crippen LogP contribution in [0.2, 0.25) is 0 Å². The summed E-state index contributed by atoms with van der Waals surface area (Å²) < 4.78 is 55.2. The Morgan fingerprint density at radius 3 is 0.917 bits per heavy atom. The van der Waals surface area contributed by atoms with Gasteiger partial charge in [0, 0.05) is 0 Å². The van der Waals surface area contributed by atoms with Gasteiger partial charge in [-0.1, -0.05) is 0 Å². The molecule has 11 nitrogen and oxygen atoms in total. The van der Waals surface area contributed by atoms with Crippen LogP contribution in [-0.2, 0) is 28.5 Å². The first-order chi connectivity index (χ1) is 4.22. The summed E-state index contributed by atoms with van der Waals surface area (Å²) in [7, 11) is -11.0. The molecule has 0 bridgehead atoms. The minimum absolute atomic E-state index is 2.77. The van der Waals surface area contributed by atoms with E-state index in [9.17, 15) is 10.7 Å². The molecule has 0 unspecified atom stereocenters. The maximum atomic E-state index is 11.2. The predicted octanol–water partition coefficient (Wildman–Crippen LogP) is -4.04. The molecule has 12 heavy (non-hydrogen) atoms. The molecular formula is H12N6O5Ru. The number of nitrogens with two attached hydrogens (primary N) is 6. The van der Waals surface area contributed by atoms with E-state index in [0.717, 1.165) is 0 Å². The van der Waals surface area contributed by atoms with Gasteiger partial charge in [0.05, 0.1) is 0 Å². The molecule has 0 radical (unpaired) electrons. The van der Waals surface area contributed by atoms with Gasteiger partial charge in [0.25, 0.3) is 0 Å². The van der Waals surface area contributed by atoms with Gasteiger partial charge in [-0.15, -0.1) is 0 Å². The third-order valence-corrected chi connectivity index (χ3v) is 3.89. The summed E-state index contributed by atoms with van der Waals surface area (Å²) in [6.45, 7) is 0. The molecule has 80 valence electrons. The Bertz CT molecular complexity index is 601. The van der Waals surface area contributed by atoms with Crippen LogP contribution in [0.1, 0.15) is 0 Å². The van der Waals surface area contributed by atoms with Crippen LogP contribution in [0.3, 0.4) is 0 Å². The summed E-state index contributed by atoms with van der Waals surface area (Å²) in [5.74, 6) is 8.02. The van der Waals surface area contributed by atoms with Crippen LogP contribution in [0, 0.1) is 0 Å². The van der Waals surface area contributed by atoms with E-state index in [4.69, 9.17) is 0 Å². The van der Waals surface area contributed by atoms with Crippen molar-refractivity contribution in [3.8, 4) is 0 Å². The molecule has 12 N–H and O–H groups in total. The first-order valence-electron chi connectivity index (χ1n) is 2.01. The van der Waals surface area contributed by atoms with Gasteiger partial charge in [0.15, 0.2) is 0 Å². The van der Waals surface area contributed by atoms with Crippen molar-refractivity contribution in [2.75, 3.05) is 0 Å². The molecule has 0 aliphatic heterocycles. The molecule has 0 aromatic rings. The second-order valence-corrected chi connectivity index (χ2v) is 18.5. The summed E-state index contributed by atoms with van der Waals surface area (Å²) in [6, 6.07) is 0. The maximum absolute atomic E-state index is 11.2. The van der Waals surface area contributed by atoms with Crippen LogP contribution in [0.4, 0.5) is 0 Å². The van der Waals surface area contributed by atoms with Gasteiger partial charge >= 0.3 is 58.2 Å². The van der Waals surface area contributed by atoms with Gasteiger partial charge in [0.1, 0.15) is 0 Å². The monoisotopic (exact) mass is 278 g/mol. The SMILES string of the molecule is N[O][Ru]([NH2])([NH2])([NH2])([NH2])(=[O])(=[O])(=[O])[O]N. The fourth-order valence-electron chi connectivity index (χ4n) is 0.0196. The predicted molar refractivity (Wildman–Crippen MR) is 29.4 cm³/mol. The Morgan fingerprint density at radius 1 is 0.750 bits per heavy atom. The van der Waals surface area contributed by atoms with E-state index >= 15 is 0 Å². The molecule has 0 fully saturated rings. The van der Waals surface area contributed by atoms with Crippen molar-refractivity contribution in [3.63, 3.8) is 0 Å². The molecule has 0 aliphatic carbocycles. The summed E-state index contributed by atoms with van der Waals surface area (Å²) >= 11 is 0. The van der Waals surface area contributed by atoms with E-state index in [2.05, 4.69) is 37.0 Å². The average molecular weight is 277 g/mol. The standard InChI is InChI=1S/2H2NO.4H2N.3O.Ru/c2*1-2;;;;;;;;/h2*1H2;4*1H2;;;;/q6*-1;;;;+6. The van der Waals surface area contributed by atoms with Crippen molar-refractivity contribution in [2.24, 2.45) is 29.7 Å². The van der Waals surface area contributed by atoms with Crippen molar-refractivity contribution in [3.05, 3.63) is 0 Å². The van der Waals surface area contributed by atoms with Crippen LogP contribution < -0.4 is 29.7 Å². The fraction of sp³-hybridized carbons (Fsp3) is 0. The third kappa shape index (κ3) is 2.98. The van der Waals surface area contributed by atoms with E-state index < -0.39 is 10.4 Å². The molecule has 0 heterocycles.